The van der Waals surface area contributed by atoms with E-state index in [1.807, 2.05) is 41.8 Å². The summed E-state index contributed by atoms with van der Waals surface area (Å²) >= 11 is 1.58. The van der Waals surface area contributed by atoms with E-state index < -0.39 is 0 Å². The number of amides is 3. The molecule has 0 N–H and O–H groups in total. The molecule has 0 radical (unpaired) electrons. The van der Waals surface area contributed by atoms with Crippen molar-refractivity contribution in [3.05, 3.63) is 52.2 Å². The fourth-order valence-corrected chi connectivity index (χ4v) is 5.20. The Morgan fingerprint density at radius 2 is 1.77 bits per heavy atom. The van der Waals surface area contributed by atoms with E-state index in [4.69, 9.17) is 4.74 Å². The Labute approximate surface area is 180 Å². The van der Waals surface area contributed by atoms with Gasteiger partial charge in [-0.25, -0.2) is 0 Å². The van der Waals surface area contributed by atoms with Gasteiger partial charge in [0.15, 0.2) is 0 Å². The SMILES string of the molecule is COc1ccccc1CN(Cc1cccs1)C(=O)CN1C(=O)[C@H]2CCCC[C@@H]2C1=O. The van der Waals surface area contributed by atoms with E-state index >= 15 is 0 Å². The van der Waals surface area contributed by atoms with Gasteiger partial charge < -0.3 is 9.64 Å². The zero-order chi connectivity index (χ0) is 21.1. The minimum absolute atomic E-state index is 0.175. The Hall–Kier alpha value is -2.67. The van der Waals surface area contributed by atoms with Gasteiger partial charge in [-0.3, -0.25) is 19.3 Å². The minimum atomic E-state index is -0.237. The number of carbonyl (C=O) groups excluding carboxylic acids is 3. The van der Waals surface area contributed by atoms with Gasteiger partial charge in [0.2, 0.25) is 17.7 Å². The molecule has 4 rings (SSSR count). The van der Waals surface area contributed by atoms with Crippen molar-refractivity contribution in [1.82, 2.24) is 9.80 Å². The van der Waals surface area contributed by atoms with E-state index in [0.29, 0.717) is 18.8 Å². The summed E-state index contributed by atoms with van der Waals surface area (Å²) in [5, 5.41) is 1.97. The Balaban J connectivity index is 1.53. The highest BCUT2D eigenvalue weighted by molar-refractivity contribution is 7.09. The molecule has 1 saturated heterocycles. The first-order valence-corrected chi connectivity index (χ1v) is 11.2. The maximum atomic E-state index is 13.3. The van der Waals surface area contributed by atoms with E-state index in [1.54, 1.807) is 23.3 Å². The topological polar surface area (TPSA) is 66.9 Å². The molecule has 3 amide bonds. The minimum Gasteiger partial charge on any atom is -0.496 e. The van der Waals surface area contributed by atoms with Crippen LogP contribution in [0.1, 0.15) is 36.1 Å². The Morgan fingerprint density at radius 1 is 1.07 bits per heavy atom. The van der Waals surface area contributed by atoms with Crippen LogP contribution in [0.4, 0.5) is 0 Å². The molecule has 1 saturated carbocycles. The predicted octanol–water partition coefficient (Wildman–Crippen LogP) is 3.46. The van der Waals surface area contributed by atoms with Crippen LogP contribution in [0.25, 0.3) is 0 Å². The summed E-state index contributed by atoms with van der Waals surface area (Å²) in [4.78, 5) is 42.8. The molecule has 1 aliphatic carbocycles. The van der Waals surface area contributed by atoms with Crippen LogP contribution in [0.5, 0.6) is 5.75 Å². The lowest BCUT2D eigenvalue weighted by molar-refractivity contribution is -0.147. The van der Waals surface area contributed by atoms with Crippen LogP contribution in [0.3, 0.4) is 0 Å². The average molecular weight is 427 g/mol. The van der Waals surface area contributed by atoms with Crippen molar-refractivity contribution in [1.29, 1.82) is 0 Å². The molecular formula is C23H26N2O4S. The molecule has 6 nitrogen and oxygen atoms in total. The number of likely N-dealkylation sites (tertiary alicyclic amines) is 1. The van der Waals surface area contributed by atoms with Gasteiger partial charge in [0.05, 0.1) is 25.5 Å². The maximum absolute atomic E-state index is 13.3. The van der Waals surface area contributed by atoms with Crippen LogP contribution in [-0.4, -0.2) is 41.2 Å². The van der Waals surface area contributed by atoms with Gasteiger partial charge in [-0.15, -0.1) is 11.3 Å². The average Bonchev–Trinajstić information content (AvgIpc) is 3.36. The van der Waals surface area contributed by atoms with Gasteiger partial charge in [-0.05, 0) is 30.4 Å². The molecule has 1 aromatic carbocycles. The normalized spacial score (nSPS) is 20.9. The number of ether oxygens (including phenoxy) is 1. The van der Waals surface area contributed by atoms with Gasteiger partial charge in [0, 0.05) is 17.0 Å². The van der Waals surface area contributed by atoms with Crippen molar-refractivity contribution in [3.8, 4) is 5.75 Å². The van der Waals surface area contributed by atoms with Crippen LogP contribution < -0.4 is 4.74 Å². The second kappa shape index (κ2) is 9.00. The van der Waals surface area contributed by atoms with Crippen LogP contribution in [-0.2, 0) is 27.5 Å². The number of benzene rings is 1. The molecule has 158 valence electrons. The Bertz CT molecular complexity index is 903. The van der Waals surface area contributed by atoms with Crippen LogP contribution >= 0.6 is 11.3 Å². The van der Waals surface area contributed by atoms with Crippen LogP contribution in [0.2, 0.25) is 0 Å². The molecule has 30 heavy (non-hydrogen) atoms. The quantitative estimate of drug-likeness (QED) is 0.636. The summed E-state index contributed by atoms with van der Waals surface area (Å²) in [6.45, 7) is 0.590. The molecule has 0 bridgehead atoms. The number of hydrogen-bond donors (Lipinski definition) is 0. The molecule has 0 unspecified atom stereocenters. The molecule has 2 heterocycles. The first kappa shape index (κ1) is 20.6. The largest absolute Gasteiger partial charge is 0.496 e. The van der Waals surface area contributed by atoms with Crippen LogP contribution in [0, 0.1) is 11.8 Å². The zero-order valence-corrected chi connectivity index (χ0v) is 17.9. The standard InChI is InChI=1S/C23H26N2O4S/c1-29-20-11-5-2-7-16(20)13-24(14-17-8-6-12-30-17)21(26)15-25-22(27)18-9-3-4-10-19(18)23(25)28/h2,5-8,11-12,18-19H,3-4,9-10,13-15H2,1H3/t18-,19-/m0/s1. The number of nitrogens with zero attached hydrogens (tertiary/aromatic N) is 2. The van der Waals surface area contributed by atoms with Gasteiger partial charge in [0.25, 0.3) is 0 Å². The summed E-state index contributed by atoms with van der Waals surface area (Å²) < 4.78 is 5.44. The summed E-state index contributed by atoms with van der Waals surface area (Å²) in [6, 6.07) is 11.5. The number of carbonyl (C=O) groups is 3. The summed E-state index contributed by atoms with van der Waals surface area (Å²) in [7, 11) is 1.60. The van der Waals surface area contributed by atoms with Crippen molar-refractivity contribution in [2.24, 2.45) is 11.8 Å². The van der Waals surface area contributed by atoms with Crippen molar-refractivity contribution < 1.29 is 19.1 Å². The lowest BCUT2D eigenvalue weighted by Gasteiger charge is -2.25. The van der Waals surface area contributed by atoms with Crippen molar-refractivity contribution >= 4 is 29.1 Å². The Morgan fingerprint density at radius 3 is 2.40 bits per heavy atom. The maximum Gasteiger partial charge on any atom is 0.243 e. The molecule has 1 aromatic heterocycles. The monoisotopic (exact) mass is 426 g/mol. The number of fused-ring (bicyclic) bond motifs is 1. The number of rotatable bonds is 7. The number of methoxy groups -OCH3 is 1. The van der Waals surface area contributed by atoms with Gasteiger partial charge in [0.1, 0.15) is 12.3 Å². The van der Waals surface area contributed by atoms with E-state index in [0.717, 1.165) is 36.1 Å². The lowest BCUT2D eigenvalue weighted by Crippen LogP contribution is -2.42. The summed E-state index contributed by atoms with van der Waals surface area (Å²) in [5.41, 5.74) is 0.887. The molecule has 0 spiro atoms. The molecule has 2 aliphatic rings. The first-order valence-electron chi connectivity index (χ1n) is 10.4. The second-order valence-corrected chi connectivity index (χ2v) is 8.93. The Kier molecular flexibility index (Phi) is 6.18. The fourth-order valence-electron chi connectivity index (χ4n) is 4.48. The van der Waals surface area contributed by atoms with Crippen molar-refractivity contribution in [3.63, 3.8) is 0 Å². The molecule has 2 atom stereocenters. The number of imide groups is 1. The highest BCUT2D eigenvalue weighted by Gasteiger charge is 2.48. The highest BCUT2D eigenvalue weighted by Crippen LogP contribution is 2.38. The van der Waals surface area contributed by atoms with Crippen molar-refractivity contribution in [2.75, 3.05) is 13.7 Å². The number of para-hydroxylation sites is 1. The van der Waals surface area contributed by atoms with E-state index in [2.05, 4.69) is 0 Å². The third-order valence-corrected chi connectivity index (χ3v) is 6.92. The van der Waals surface area contributed by atoms with E-state index in [1.165, 1.54) is 4.90 Å². The molecule has 1 aliphatic heterocycles. The van der Waals surface area contributed by atoms with E-state index in [9.17, 15) is 14.4 Å². The number of thiophene rings is 1. The smallest absolute Gasteiger partial charge is 0.243 e. The molecule has 7 heteroatoms. The summed E-state index contributed by atoms with van der Waals surface area (Å²) in [5.74, 6) is -0.341. The lowest BCUT2D eigenvalue weighted by atomic mass is 9.81. The third-order valence-electron chi connectivity index (χ3n) is 6.06. The third kappa shape index (κ3) is 4.12. The zero-order valence-electron chi connectivity index (χ0n) is 17.1. The van der Waals surface area contributed by atoms with Gasteiger partial charge in [-0.2, -0.15) is 0 Å². The van der Waals surface area contributed by atoms with Gasteiger partial charge in [-0.1, -0.05) is 37.1 Å². The second-order valence-electron chi connectivity index (χ2n) is 7.90. The predicted molar refractivity (Wildman–Crippen MR) is 114 cm³/mol. The van der Waals surface area contributed by atoms with Crippen molar-refractivity contribution in [2.45, 2.75) is 38.8 Å². The molecular weight excluding hydrogens is 400 g/mol. The molecule has 2 fully saturated rings. The van der Waals surface area contributed by atoms with Crippen LogP contribution in [0.15, 0.2) is 41.8 Å². The fraction of sp³-hybridized carbons (Fsp3) is 0.435. The number of hydrogen-bond acceptors (Lipinski definition) is 5. The molecule has 2 aromatic rings. The van der Waals surface area contributed by atoms with E-state index in [-0.39, 0.29) is 36.1 Å². The van der Waals surface area contributed by atoms with Gasteiger partial charge >= 0.3 is 0 Å². The summed E-state index contributed by atoms with van der Waals surface area (Å²) in [6.07, 6.45) is 3.45. The first-order chi connectivity index (χ1) is 14.6. The highest BCUT2D eigenvalue weighted by atomic mass is 32.1.